The van der Waals surface area contributed by atoms with Crippen LogP contribution < -0.4 is 5.32 Å². The molecule has 1 unspecified atom stereocenters. The Morgan fingerprint density at radius 1 is 1.24 bits per heavy atom. The second-order valence-corrected chi connectivity index (χ2v) is 5.30. The standard InChI is InChI=1S/C18H23FN2/c1-4-10-20-18(15-8-9-16(19)13(3)12-15)17-14(5-2)7-6-11-21-17/h6-9,11-12,18,20H,4-5,10H2,1-3H3. The SMILES string of the molecule is CCCNC(c1ccc(F)c(C)c1)c1ncccc1CC. The molecule has 21 heavy (non-hydrogen) atoms. The second-order valence-electron chi connectivity index (χ2n) is 5.30. The van der Waals surface area contributed by atoms with E-state index in [0.29, 0.717) is 5.56 Å². The highest BCUT2D eigenvalue weighted by Gasteiger charge is 2.18. The quantitative estimate of drug-likeness (QED) is 0.861. The minimum atomic E-state index is -0.162. The molecule has 0 radical (unpaired) electrons. The molecule has 0 bridgehead atoms. The van der Waals surface area contributed by atoms with Gasteiger partial charge in [-0.15, -0.1) is 0 Å². The predicted molar refractivity (Wildman–Crippen MR) is 84.9 cm³/mol. The van der Waals surface area contributed by atoms with Gasteiger partial charge in [0.1, 0.15) is 5.82 Å². The number of hydrogen-bond acceptors (Lipinski definition) is 2. The number of nitrogens with one attached hydrogen (secondary N) is 1. The van der Waals surface area contributed by atoms with Gasteiger partial charge in [-0.1, -0.05) is 32.0 Å². The van der Waals surface area contributed by atoms with Gasteiger partial charge >= 0.3 is 0 Å². The Morgan fingerprint density at radius 3 is 2.71 bits per heavy atom. The lowest BCUT2D eigenvalue weighted by Gasteiger charge is -2.21. The van der Waals surface area contributed by atoms with Crippen LogP contribution in [0.1, 0.15) is 48.7 Å². The molecular formula is C18H23FN2. The van der Waals surface area contributed by atoms with Crippen LogP contribution >= 0.6 is 0 Å². The first kappa shape index (κ1) is 15.6. The highest BCUT2D eigenvalue weighted by molar-refractivity contribution is 5.35. The maximum Gasteiger partial charge on any atom is 0.126 e. The van der Waals surface area contributed by atoms with E-state index >= 15 is 0 Å². The number of pyridine rings is 1. The lowest BCUT2D eigenvalue weighted by Crippen LogP contribution is -2.25. The molecule has 1 atom stereocenters. The van der Waals surface area contributed by atoms with Gasteiger partial charge in [0.05, 0.1) is 11.7 Å². The Balaban J connectivity index is 2.44. The summed E-state index contributed by atoms with van der Waals surface area (Å²) >= 11 is 0. The van der Waals surface area contributed by atoms with Gasteiger partial charge in [-0.3, -0.25) is 4.98 Å². The number of benzene rings is 1. The molecule has 2 nitrogen and oxygen atoms in total. The van der Waals surface area contributed by atoms with Crippen LogP contribution in [0.2, 0.25) is 0 Å². The van der Waals surface area contributed by atoms with Crippen molar-refractivity contribution in [1.29, 1.82) is 0 Å². The van der Waals surface area contributed by atoms with E-state index < -0.39 is 0 Å². The fourth-order valence-corrected chi connectivity index (χ4v) is 2.52. The Bertz CT molecular complexity index is 596. The molecule has 2 rings (SSSR count). The van der Waals surface area contributed by atoms with Crippen LogP contribution in [0.25, 0.3) is 0 Å². The van der Waals surface area contributed by atoms with E-state index in [-0.39, 0.29) is 11.9 Å². The van der Waals surface area contributed by atoms with Crippen molar-refractivity contribution >= 4 is 0 Å². The lowest BCUT2D eigenvalue weighted by atomic mass is 9.96. The lowest BCUT2D eigenvalue weighted by molar-refractivity contribution is 0.576. The van der Waals surface area contributed by atoms with Crippen molar-refractivity contribution in [2.24, 2.45) is 0 Å². The highest BCUT2D eigenvalue weighted by Crippen LogP contribution is 2.25. The zero-order valence-electron chi connectivity index (χ0n) is 13.0. The normalized spacial score (nSPS) is 12.4. The first-order valence-corrected chi connectivity index (χ1v) is 7.60. The molecule has 1 N–H and O–H groups in total. The molecule has 1 aromatic heterocycles. The summed E-state index contributed by atoms with van der Waals surface area (Å²) in [4.78, 5) is 4.57. The summed E-state index contributed by atoms with van der Waals surface area (Å²) in [5, 5.41) is 3.54. The summed E-state index contributed by atoms with van der Waals surface area (Å²) in [5.41, 5.74) is 4.01. The zero-order valence-corrected chi connectivity index (χ0v) is 13.0. The summed E-state index contributed by atoms with van der Waals surface area (Å²) in [6.07, 6.45) is 3.81. The fourth-order valence-electron chi connectivity index (χ4n) is 2.52. The van der Waals surface area contributed by atoms with Crippen LogP contribution in [-0.4, -0.2) is 11.5 Å². The number of halogens is 1. The molecule has 0 saturated carbocycles. The summed E-state index contributed by atoms with van der Waals surface area (Å²) in [5.74, 6) is -0.162. The van der Waals surface area contributed by atoms with Gasteiger partial charge in [0, 0.05) is 6.20 Å². The van der Waals surface area contributed by atoms with E-state index in [0.717, 1.165) is 30.6 Å². The van der Waals surface area contributed by atoms with Gasteiger partial charge in [-0.2, -0.15) is 0 Å². The van der Waals surface area contributed by atoms with Crippen molar-refractivity contribution < 1.29 is 4.39 Å². The zero-order chi connectivity index (χ0) is 15.2. The largest absolute Gasteiger partial charge is 0.305 e. The number of aryl methyl sites for hydroxylation is 2. The molecule has 112 valence electrons. The topological polar surface area (TPSA) is 24.9 Å². The Hall–Kier alpha value is -1.74. The second kappa shape index (κ2) is 7.32. The Morgan fingerprint density at radius 2 is 2.05 bits per heavy atom. The molecule has 3 heteroatoms. The monoisotopic (exact) mass is 286 g/mol. The first-order chi connectivity index (χ1) is 10.2. The third kappa shape index (κ3) is 3.67. The number of aromatic nitrogens is 1. The predicted octanol–water partition coefficient (Wildman–Crippen LogP) is 4.18. The molecule has 0 amide bonds. The molecule has 0 saturated heterocycles. The minimum absolute atomic E-state index is 0.0143. The minimum Gasteiger partial charge on any atom is -0.305 e. The van der Waals surface area contributed by atoms with Crippen molar-refractivity contribution in [1.82, 2.24) is 10.3 Å². The van der Waals surface area contributed by atoms with Gasteiger partial charge in [-0.05, 0) is 55.1 Å². The van der Waals surface area contributed by atoms with Crippen molar-refractivity contribution in [2.75, 3.05) is 6.54 Å². The van der Waals surface area contributed by atoms with Crippen molar-refractivity contribution in [3.8, 4) is 0 Å². The summed E-state index contributed by atoms with van der Waals surface area (Å²) in [7, 11) is 0. The van der Waals surface area contributed by atoms with Gasteiger partial charge < -0.3 is 5.32 Å². The van der Waals surface area contributed by atoms with Crippen molar-refractivity contribution in [3.63, 3.8) is 0 Å². The van der Waals surface area contributed by atoms with Crippen molar-refractivity contribution in [3.05, 3.63) is 64.7 Å². The van der Waals surface area contributed by atoms with Gasteiger partial charge in [0.2, 0.25) is 0 Å². The van der Waals surface area contributed by atoms with E-state index in [1.807, 2.05) is 24.4 Å². The van der Waals surface area contributed by atoms with Crippen LogP contribution in [0.3, 0.4) is 0 Å². The van der Waals surface area contributed by atoms with Crippen LogP contribution in [0.15, 0.2) is 36.5 Å². The van der Waals surface area contributed by atoms with Crippen LogP contribution in [-0.2, 0) is 6.42 Å². The number of hydrogen-bond donors (Lipinski definition) is 1. The number of nitrogens with zero attached hydrogens (tertiary/aromatic N) is 1. The molecule has 0 fully saturated rings. The smallest absolute Gasteiger partial charge is 0.126 e. The van der Waals surface area contributed by atoms with Gasteiger partial charge in [0.25, 0.3) is 0 Å². The third-order valence-electron chi connectivity index (χ3n) is 3.69. The van der Waals surface area contributed by atoms with E-state index in [9.17, 15) is 4.39 Å². The Kier molecular flexibility index (Phi) is 5.45. The first-order valence-electron chi connectivity index (χ1n) is 7.60. The summed E-state index contributed by atoms with van der Waals surface area (Å²) in [6, 6.07) is 9.40. The van der Waals surface area contributed by atoms with Crippen LogP contribution in [0, 0.1) is 12.7 Å². The van der Waals surface area contributed by atoms with Gasteiger partial charge in [-0.25, -0.2) is 4.39 Å². The maximum absolute atomic E-state index is 13.5. The molecule has 1 aromatic carbocycles. The third-order valence-corrected chi connectivity index (χ3v) is 3.69. The average molecular weight is 286 g/mol. The molecule has 2 aromatic rings. The van der Waals surface area contributed by atoms with E-state index in [4.69, 9.17) is 0 Å². The summed E-state index contributed by atoms with van der Waals surface area (Å²) in [6.45, 7) is 6.97. The van der Waals surface area contributed by atoms with E-state index in [1.54, 1.807) is 13.0 Å². The van der Waals surface area contributed by atoms with E-state index in [2.05, 4.69) is 30.2 Å². The molecule has 1 heterocycles. The van der Waals surface area contributed by atoms with Gasteiger partial charge in [0.15, 0.2) is 0 Å². The highest BCUT2D eigenvalue weighted by atomic mass is 19.1. The van der Waals surface area contributed by atoms with Crippen LogP contribution in [0.5, 0.6) is 0 Å². The molecule has 0 aliphatic carbocycles. The molecule has 0 aliphatic rings. The molecule has 0 spiro atoms. The molecular weight excluding hydrogens is 263 g/mol. The van der Waals surface area contributed by atoms with Crippen LogP contribution in [0.4, 0.5) is 4.39 Å². The summed E-state index contributed by atoms with van der Waals surface area (Å²) < 4.78 is 13.5. The maximum atomic E-state index is 13.5. The van der Waals surface area contributed by atoms with E-state index in [1.165, 1.54) is 5.56 Å². The van der Waals surface area contributed by atoms with Crippen molar-refractivity contribution in [2.45, 2.75) is 39.7 Å². The fraction of sp³-hybridized carbons (Fsp3) is 0.389. The number of rotatable bonds is 6. The average Bonchev–Trinajstić information content (AvgIpc) is 2.51. The Labute approximate surface area is 126 Å². The molecule has 0 aliphatic heterocycles.